The van der Waals surface area contributed by atoms with Gasteiger partial charge in [0.25, 0.3) is 0 Å². The topological polar surface area (TPSA) is 49.4 Å². The molecule has 2 amide bonds. The number of carbonyl (C=O) groups excluding carboxylic acids is 2. The van der Waals surface area contributed by atoms with Gasteiger partial charge in [-0.1, -0.05) is 51.1 Å². The quantitative estimate of drug-likeness (QED) is 0.619. The van der Waals surface area contributed by atoms with E-state index in [2.05, 4.69) is 38.2 Å². The van der Waals surface area contributed by atoms with Crippen LogP contribution in [0.2, 0.25) is 0 Å². The molecule has 4 nitrogen and oxygen atoms in total. The first-order valence-corrected chi connectivity index (χ1v) is 9.67. The molecule has 140 valence electrons. The summed E-state index contributed by atoms with van der Waals surface area (Å²) in [5.74, 6) is 0.652. The van der Waals surface area contributed by atoms with Crippen molar-refractivity contribution < 1.29 is 9.59 Å². The fourth-order valence-corrected chi connectivity index (χ4v) is 2.92. The maximum absolute atomic E-state index is 12.2. The molecule has 0 aromatic heterocycles. The van der Waals surface area contributed by atoms with Crippen LogP contribution >= 0.6 is 0 Å². The van der Waals surface area contributed by atoms with Crippen molar-refractivity contribution in [3.63, 3.8) is 0 Å². The number of amides is 2. The molecule has 0 heterocycles. The molecule has 1 atom stereocenters. The largest absolute Gasteiger partial charge is 0.356 e. The summed E-state index contributed by atoms with van der Waals surface area (Å²) in [5, 5.41) is 2.97. The molecule has 0 spiro atoms. The molecule has 0 aliphatic heterocycles. The summed E-state index contributed by atoms with van der Waals surface area (Å²) in [4.78, 5) is 26.0. The lowest BCUT2D eigenvalue weighted by Crippen LogP contribution is -2.32. The minimum Gasteiger partial charge on any atom is -0.356 e. The third-order valence-corrected chi connectivity index (χ3v) is 4.40. The molecule has 0 saturated heterocycles. The van der Waals surface area contributed by atoms with Crippen LogP contribution in [0, 0.1) is 0 Å². The smallest absolute Gasteiger partial charge is 0.222 e. The van der Waals surface area contributed by atoms with E-state index in [1.165, 1.54) is 5.56 Å². The monoisotopic (exact) mass is 346 g/mol. The third kappa shape index (κ3) is 8.71. The molecule has 4 heteroatoms. The molecule has 0 bridgehead atoms. The normalized spacial score (nSPS) is 11.8. The van der Waals surface area contributed by atoms with Crippen molar-refractivity contribution >= 4 is 11.8 Å². The van der Waals surface area contributed by atoms with Crippen molar-refractivity contribution in [2.24, 2.45) is 0 Å². The molecule has 0 radical (unpaired) electrons. The molecular formula is C21H34N2O2. The van der Waals surface area contributed by atoms with E-state index in [0.717, 1.165) is 32.4 Å². The van der Waals surface area contributed by atoms with Gasteiger partial charge >= 0.3 is 0 Å². The molecule has 0 fully saturated rings. The van der Waals surface area contributed by atoms with Crippen LogP contribution in [0.3, 0.4) is 0 Å². The number of carbonyl (C=O) groups is 2. The number of benzene rings is 1. The first-order valence-electron chi connectivity index (χ1n) is 9.67. The van der Waals surface area contributed by atoms with Crippen LogP contribution in [0.5, 0.6) is 0 Å². The second-order valence-electron chi connectivity index (χ2n) is 6.68. The predicted molar refractivity (Wildman–Crippen MR) is 103 cm³/mol. The first kappa shape index (κ1) is 21.2. The lowest BCUT2D eigenvalue weighted by Gasteiger charge is -2.21. The van der Waals surface area contributed by atoms with Crippen molar-refractivity contribution in [3.05, 3.63) is 35.9 Å². The number of nitrogens with one attached hydrogen (secondary N) is 1. The van der Waals surface area contributed by atoms with Crippen LogP contribution in [0.15, 0.2) is 30.3 Å². The molecule has 0 saturated carbocycles. The standard InChI is InChI=1S/C21H34N2O2/c1-4-16-23(17-5-2)21(25)13-9-12-20(24)22-15-14-18(3)19-10-7-6-8-11-19/h6-8,10-11,18H,4-5,9,12-17H2,1-3H3,(H,22,24). The Bertz CT molecular complexity index is 496. The molecule has 0 aliphatic rings. The van der Waals surface area contributed by atoms with Crippen molar-refractivity contribution in [2.45, 2.75) is 65.2 Å². The number of rotatable bonds is 12. The van der Waals surface area contributed by atoms with Crippen LogP contribution in [-0.4, -0.2) is 36.3 Å². The lowest BCUT2D eigenvalue weighted by molar-refractivity contribution is -0.131. The van der Waals surface area contributed by atoms with E-state index >= 15 is 0 Å². The van der Waals surface area contributed by atoms with E-state index in [1.54, 1.807) is 0 Å². The van der Waals surface area contributed by atoms with Gasteiger partial charge in [-0.2, -0.15) is 0 Å². The Balaban J connectivity index is 2.19. The molecule has 1 aromatic carbocycles. The highest BCUT2D eigenvalue weighted by atomic mass is 16.2. The second kappa shape index (κ2) is 12.5. The zero-order valence-electron chi connectivity index (χ0n) is 16.1. The Labute approximate surface area is 153 Å². The van der Waals surface area contributed by atoms with Gasteiger partial charge in [0, 0.05) is 32.5 Å². The van der Waals surface area contributed by atoms with Gasteiger partial charge in [-0.15, -0.1) is 0 Å². The summed E-state index contributed by atoms with van der Waals surface area (Å²) in [6.07, 6.45) is 4.40. The summed E-state index contributed by atoms with van der Waals surface area (Å²) in [6.45, 7) is 8.66. The second-order valence-corrected chi connectivity index (χ2v) is 6.68. The first-order chi connectivity index (χ1) is 12.1. The van der Waals surface area contributed by atoms with E-state index in [0.29, 0.717) is 31.7 Å². The average Bonchev–Trinajstić information content (AvgIpc) is 2.62. The van der Waals surface area contributed by atoms with Crippen LogP contribution in [0.4, 0.5) is 0 Å². The van der Waals surface area contributed by atoms with Crippen LogP contribution < -0.4 is 5.32 Å². The fourth-order valence-electron chi connectivity index (χ4n) is 2.92. The van der Waals surface area contributed by atoms with Gasteiger partial charge in [-0.05, 0) is 37.2 Å². The van der Waals surface area contributed by atoms with E-state index in [4.69, 9.17) is 0 Å². The minimum absolute atomic E-state index is 0.0468. The predicted octanol–water partition coefficient (Wildman–Crippen LogP) is 4.12. The highest BCUT2D eigenvalue weighted by Gasteiger charge is 2.12. The summed E-state index contributed by atoms with van der Waals surface area (Å²) < 4.78 is 0. The molecule has 25 heavy (non-hydrogen) atoms. The van der Waals surface area contributed by atoms with Crippen molar-refractivity contribution in [3.8, 4) is 0 Å². The van der Waals surface area contributed by atoms with Gasteiger partial charge in [-0.25, -0.2) is 0 Å². The van der Waals surface area contributed by atoms with Crippen molar-refractivity contribution in [2.75, 3.05) is 19.6 Å². The fraction of sp³-hybridized carbons (Fsp3) is 0.619. The van der Waals surface area contributed by atoms with Crippen molar-refractivity contribution in [1.82, 2.24) is 10.2 Å². The summed E-state index contributed by atoms with van der Waals surface area (Å²) in [6, 6.07) is 10.3. The van der Waals surface area contributed by atoms with Crippen molar-refractivity contribution in [1.29, 1.82) is 0 Å². The van der Waals surface area contributed by atoms with Crippen LogP contribution in [0.25, 0.3) is 0 Å². The number of hydrogen-bond acceptors (Lipinski definition) is 2. The van der Waals surface area contributed by atoms with Gasteiger partial charge in [0.15, 0.2) is 0 Å². The Morgan fingerprint density at radius 3 is 2.28 bits per heavy atom. The molecule has 1 unspecified atom stereocenters. The van der Waals surface area contributed by atoms with E-state index < -0.39 is 0 Å². The Morgan fingerprint density at radius 1 is 1.04 bits per heavy atom. The van der Waals surface area contributed by atoms with Gasteiger partial charge in [0.2, 0.25) is 11.8 Å². The minimum atomic E-state index is 0.0468. The molecule has 1 aromatic rings. The molecule has 0 aliphatic carbocycles. The number of nitrogens with zero attached hydrogens (tertiary/aromatic N) is 1. The summed E-state index contributed by atoms with van der Waals surface area (Å²) in [5.41, 5.74) is 1.30. The van der Waals surface area contributed by atoms with Gasteiger partial charge in [0.05, 0.1) is 0 Å². The zero-order chi connectivity index (χ0) is 18.5. The highest BCUT2D eigenvalue weighted by molar-refractivity contribution is 5.78. The highest BCUT2D eigenvalue weighted by Crippen LogP contribution is 2.17. The van der Waals surface area contributed by atoms with E-state index in [-0.39, 0.29) is 11.8 Å². The Morgan fingerprint density at radius 2 is 1.68 bits per heavy atom. The van der Waals surface area contributed by atoms with Gasteiger partial charge in [0.1, 0.15) is 0 Å². The van der Waals surface area contributed by atoms with E-state index in [9.17, 15) is 9.59 Å². The van der Waals surface area contributed by atoms with Crippen LogP contribution in [-0.2, 0) is 9.59 Å². The molecule has 1 rings (SSSR count). The maximum Gasteiger partial charge on any atom is 0.222 e. The number of hydrogen-bond donors (Lipinski definition) is 1. The summed E-state index contributed by atoms with van der Waals surface area (Å²) in [7, 11) is 0. The molecular weight excluding hydrogens is 312 g/mol. The average molecular weight is 347 g/mol. The maximum atomic E-state index is 12.2. The summed E-state index contributed by atoms with van der Waals surface area (Å²) >= 11 is 0. The Hall–Kier alpha value is -1.84. The van der Waals surface area contributed by atoms with Crippen LogP contribution in [0.1, 0.15) is 70.8 Å². The Kier molecular flexibility index (Phi) is 10.6. The lowest BCUT2D eigenvalue weighted by atomic mass is 9.98. The SMILES string of the molecule is CCCN(CCC)C(=O)CCCC(=O)NCCC(C)c1ccccc1. The van der Waals surface area contributed by atoms with Gasteiger partial charge in [-0.3, -0.25) is 9.59 Å². The molecule has 1 N–H and O–H groups in total. The zero-order valence-corrected chi connectivity index (χ0v) is 16.1. The van der Waals surface area contributed by atoms with Gasteiger partial charge < -0.3 is 10.2 Å². The van der Waals surface area contributed by atoms with E-state index in [1.807, 2.05) is 23.1 Å². The third-order valence-electron chi connectivity index (χ3n) is 4.40.